The summed E-state index contributed by atoms with van der Waals surface area (Å²) in [5.74, 6) is -0.258. The Bertz CT molecular complexity index is 1440. The minimum Gasteiger partial charge on any atom is -0.756 e. The summed E-state index contributed by atoms with van der Waals surface area (Å²) in [7, 11) is 1.19. The van der Waals surface area contributed by atoms with Gasteiger partial charge in [0.15, 0.2) is 0 Å². The maximum atomic E-state index is 12.9. The number of carbonyl (C=O) groups excluding carboxylic acids is 1. The maximum absolute atomic E-state index is 12.9. The van der Waals surface area contributed by atoms with Gasteiger partial charge in [-0.05, 0) is 96.3 Å². The molecule has 0 rings (SSSR count). The van der Waals surface area contributed by atoms with Crippen molar-refractivity contribution < 1.29 is 32.9 Å². The largest absolute Gasteiger partial charge is 0.756 e. The molecular formula is C57H99N2O6P. The number of aliphatic hydroxyl groups is 1. The van der Waals surface area contributed by atoms with E-state index in [2.05, 4.69) is 116 Å². The summed E-state index contributed by atoms with van der Waals surface area (Å²) < 4.78 is 23.2. The van der Waals surface area contributed by atoms with Gasteiger partial charge >= 0.3 is 0 Å². The van der Waals surface area contributed by atoms with Crippen molar-refractivity contribution in [2.45, 2.75) is 206 Å². The summed E-state index contributed by atoms with van der Waals surface area (Å²) in [6.45, 7) is 4.46. The van der Waals surface area contributed by atoms with Gasteiger partial charge in [0, 0.05) is 6.42 Å². The van der Waals surface area contributed by atoms with Crippen LogP contribution in [-0.2, 0) is 18.4 Å². The lowest BCUT2D eigenvalue weighted by Crippen LogP contribution is -2.45. The van der Waals surface area contributed by atoms with Gasteiger partial charge in [-0.15, -0.1) is 0 Å². The van der Waals surface area contributed by atoms with Crippen molar-refractivity contribution in [1.29, 1.82) is 0 Å². The first kappa shape index (κ1) is 63.2. The van der Waals surface area contributed by atoms with Gasteiger partial charge < -0.3 is 28.8 Å². The number of allylic oxidation sites excluding steroid dienone is 17. The van der Waals surface area contributed by atoms with Crippen molar-refractivity contribution in [3.63, 3.8) is 0 Å². The van der Waals surface area contributed by atoms with E-state index in [0.29, 0.717) is 23.9 Å². The smallest absolute Gasteiger partial charge is 0.268 e. The van der Waals surface area contributed by atoms with Crippen LogP contribution in [0.2, 0.25) is 0 Å². The third-order valence-corrected chi connectivity index (χ3v) is 11.9. The van der Waals surface area contributed by atoms with Crippen LogP contribution < -0.4 is 10.2 Å². The molecule has 378 valence electrons. The van der Waals surface area contributed by atoms with Gasteiger partial charge in [-0.3, -0.25) is 9.36 Å². The monoisotopic (exact) mass is 939 g/mol. The second-order valence-corrected chi connectivity index (χ2v) is 19.9. The summed E-state index contributed by atoms with van der Waals surface area (Å²) in [6.07, 6.45) is 68.7. The summed E-state index contributed by atoms with van der Waals surface area (Å²) in [4.78, 5) is 25.4. The molecule has 0 bridgehead atoms. The molecule has 3 unspecified atom stereocenters. The Labute approximate surface area is 406 Å². The SMILES string of the molecule is CC/C=C\C/C=C\C/C=C\C/C=C\C/C=C\C/C=C\CCCCC(=O)NC(COP(=O)([O-])OCC[N+](C)(C)C)C(O)/C=C/CC/C=C/CC/C=C/CCCCCCCCCCCCCCC. The van der Waals surface area contributed by atoms with Crippen molar-refractivity contribution in [3.05, 3.63) is 109 Å². The molecule has 0 aliphatic carbocycles. The molecule has 2 N–H and O–H groups in total. The Kier molecular flexibility index (Phi) is 45.2. The number of hydrogen-bond acceptors (Lipinski definition) is 6. The first-order valence-electron chi connectivity index (χ1n) is 26.2. The zero-order valence-corrected chi connectivity index (χ0v) is 43.7. The van der Waals surface area contributed by atoms with Crippen LogP contribution in [-0.4, -0.2) is 68.5 Å². The highest BCUT2D eigenvalue weighted by Crippen LogP contribution is 2.38. The predicted molar refractivity (Wildman–Crippen MR) is 283 cm³/mol. The molecule has 9 heteroatoms. The van der Waals surface area contributed by atoms with Crippen LogP contribution in [0.25, 0.3) is 0 Å². The van der Waals surface area contributed by atoms with E-state index >= 15 is 0 Å². The molecule has 3 atom stereocenters. The van der Waals surface area contributed by atoms with Gasteiger partial charge in [-0.25, -0.2) is 0 Å². The molecule has 0 saturated heterocycles. The van der Waals surface area contributed by atoms with Crippen LogP contribution >= 0.6 is 7.82 Å². The fourth-order valence-electron chi connectivity index (χ4n) is 6.83. The average Bonchev–Trinajstić information content (AvgIpc) is 3.28. The summed E-state index contributed by atoms with van der Waals surface area (Å²) in [5, 5.41) is 13.8. The standard InChI is InChI=1S/C57H99N2O6P/c1-6-8-10-12-14-16-18-20-22-24-26-28-29-31-32-34-36-38-40-42-44-46-48-50-56(60)55(54-65-66(62,63)64-53-52-59(3,4)5)58-57(61)51-49-47-45-43-41-39-37-35-33-30-27-25-23-21-19-17-15-13-11-9-7-2/h9,11,15,17,21,23,27,30,32,34-35,37,40-43,48,50,55-56,60H,6-8,10,12-14,16,18-20,22,24-26,28-29,31,33,36,38-39,44-47,49,51-54H2,1-5H3,(H-,58,61,62,63)/b11-9-,17-15-,23-21-,30-27-,34-32+,37-35-,42-40+,43-41-,50-48+. The number of quaternary nitrogens is 1. The molecule has 0 aromatic rings. The molecule has 0 aliphatic rings. The number of phosphoric acid groups is 1. The van der Waals surface area contributed by atoms with E-state index in [1.807, 2.05) is 27.2 Å². The van der Waals surface area contributed by atoms with Crippen molar-refractivity contribution in [2.24, 2.45) is 0 Å². The number of nitrogens with zero attached hydrogens (tertiary/aromatic N) is 1. The van der Waals surface area contributed by atoms with Crippen LogP contribution in [0.1, 0.15) is 194 Å². The first-order chi connectivity index (χ1) is 32.0. The fourth-order valence-corrected chi connectivity index (χ4v) is 7.56. The van der Waals surface area contributed by atoms with E-state index in [0.717, 1.165) is 70.6 Å². The van der Waals surface area contributed by atoms with Crippen molar-refractivity contribution in [1.82, 2.24) is 5.32 Å². The molecule has 8 nitrogen and oxygen atoms in total. The minimum absolute atomic E-state index is 0.0240. The number of carbonyl (C=O) groups is 1. The van der Waals surface area contributed by atoms with E-state index in [4.69, 9.17) is 9.05 Å². The van der Waals surface area contributed by atoms with Crippen molar-refractivity contribution in [2.75, 3.05) is 40.9 Å². The Morgan fingerprint density at radius 1 is 0.545 bits per heavy atom. The molecule has 66 heavy (non-hydrogen) atoms. The predicted octanol–water partition coefficient (Wildman–Crippen LogP) is 15.0. The number of rotatable bonds is 46. The zero-order chi connectivity index (χ0) is 48.5. The lowest BCUT2D eigenvalue weighted by molar-refractivity contribution is -0.870. The second-order valence-electron chi connectivity index (χ2n) is 18.5. The van der Waals surface area contributed by atoms with Crippen LogP contribution in [0.15, 0.2) is 109 Å². The molecule has 0 aromatic heterocycles. The highest BCUT2D eigenvalue weighted by molar-refractivity contribution is 7.45. The third kappa shape index (κ3) is 49.1. The van der Waals surface area contributed by atoms with Gasteiger partial charge in [-0.1, -0.05) is 200 Å². The van der Waals surface area contributed by atoms with E-state index < -0.39 is 26.6 Å². The molecule has 1 amide bonds. The quantitative estimate of drug-likeness (QED) is 0.0272. The Morgan fingerprint density at radius 3 is 1.41 bits per heavy atom. The van der Waals surface area contributed by atoms with Crippen LogP contribution in [0.5, 0.6) is 0 Å². The Hall–Kier alpha value is -2.84. The number of amides is 1. The van der Waals surface area contributed by atoms with Crippen molar-refractivity contribution in [3.8, 4) is 0 Å². The highest BCUT2D eigenvalue weighted by atomic mass is 31.2. The summed E-state index contributed by atoms with van der Waals surface area (Å²) >= 11 is 0. The molecule has 0 saturated carbocycles. The Balaban J connectivity index is 4.49. The number of nitrogens with one attached hydrogen (secondary N) is 1. The van der Waals surface area contributed by atoms with Gasteiger partial charge in [-0.2, -0.15) is 0 Å². The number of unbranched alkanes of at least 4 members (excludes halogenated alkanes) is 17. The van der Waals surface area contributed by atoms with Gasteiger partial charge in [0.25, 0.3) is 7.82 Å². The number of hydrogen-bond donors (Lipinski definition) is 2. The minimum atomic E-state index is -4.63. The molecule has 0 fully saturated rings. The molecule has 0 radical (unpaired) electrons. The van der Waals surface area contributed by atoms with Crippen molar-refractivity contribution >= 4 is 13.7 Å². The molecule has 0 spiro atoms. The number of phosphoric ester groups is 1. The molecule has 0 aliphatic heterocycles. The molecular weight excluding hydrogens is 840 g/mol. The summed E-state index contributed by atoms with van der Waals surface area (Å²) in [5.41, 5.74) is 0. The fraction of sp³-hybridized carbons (Fsp3) is 0.667. The normalized spacial score (nSPS) is 15.0. The second kappa shape index (κ2) is 47.2. The van der Waals surface area contributed by atoms with Gasteiger partial charge in [0.2, 0.25) is 5.91 Å². The zero-order valence-electron chi connectivity index (χ0n) is 42.9. The first-order valence-corrected chi connectivity index (χ1v) is 27.7. The van der Waals surface area contributed by atoms with Gasteiger partial charge in [0.1, 0.15) is 13.2 Å². The molecule has 0 heterocycles. The highest BCUT2D eigenvalue weighted by Gasteiger charge is 2.23. The number of likely N-dealkylation sites (N-methyl/N-ethyl adjacent to an activating group) is 1. The summed E-state index contributed by atoms with van der Waals surface area (Å²) in [6, 6.07) is -0.941. The van der Waals surface area contributed by atoms with Gasteiger partial charge in [0.05, 0.1) is 39.9 Å². The van der Waals surface area contributed by atoms with E-state index in [1.165, 1.54) is 89.9 Å². The average molecular weight is 939 g/mol. The molecule has 0 aromatic carbocycles. The topological polar surface area (TPSA) is 108 Å². The van der Waals surface area contributed by atoms with E-state index in [9.17, 15) is 19.4 Å². The third-order valence-electron chi connectivity index (χ3n) is 10.9. The number of aliphatic hydroxyl groups excluding tert-OH is 1. The van der Waals surface area contributed by atoms with E-state index in [-0.39, 0.29) is 18.9 Å². The van der Waals surface area contributed by atoms with Crippen LogP contribution in [0, 0.1) is 0 Å². The van der Waals surface area contributed by atoms with Crippen LogP contribution in [0.3, 0.4) is 0 Å². The lowest BCUT2D eigenvalue weighted by Gasteiger charge is -2.29. The lowest BCUT2D eigenvalue weighted by atomic mass is 10.0. The van der Waals surface area contributed by atoms with E-state index in [1.54, 1.807) is 6.08 Å². The Morgan fingerprint density at radius 2 is 0.939 bits per heavy atom. The maximum Gasteiger partial charge on any atom is 0.268 e. The van der Waals surface area contributed by atoms with Crippen LogP contribution in [0.4, 0.5) is 0 Å².